The van der Waals surface area contributed by atoms with Crippen LogP contribution in [0.5, 0.6) is 0 Å². The van der Waals surface area contributed by atoms with Crippen LogP contribution in [0.15, 0.2) is 36.4 Å². The number of ether oxygens (including phenoxy) is 1. The highest BCUT2D eigenvalue weighted by Gasteiger charge is 2.17. The number of aromatic nitrogens is 2. The average molecular weight is 340 g/mol. The van der Waals surface area contributed by atoms with Crippen LogP contribution in [-0.4, -0.2) is 35.4 Å². The molecule has 1 aliphatic rings. The van der Waals surface area contributed by atoms with Gasteiger partial charge in [-0.05, 0) is 48.6 Å². The second-order valence-electron chi connectivity index (χ2n) is 6.55. The molecule has 3 rings (SSSR count). The summed E-state index contributed by atoms with van der Waals surface area (Å²) < 4.78 is 5.49. The molecule has 0 radical (unpaired) electrons. The molecule has 1 fully saturated rings. The highest BCUT2D eigenvalue weighted by Crippen LogP contribution is 2.19. The van der Waals surface area contributed by atoms with Gasteiger partial charge in [-0.3, -0.25) is 4.79 Å². The van der Waals surface area contributed by atoms with Gasteiger partial charge in [-0.1, -0.05) is 26.0 Å². The van der Waals surface area contributed by atoms with E-state index in [0.717, 1.165) is 25.1 Å². The molecular formula is C19H24N4O2. The third-order valence-electron chi connectivity index (χ3n) is 4.26. The molecule has 0 aliphatic carbocycles. The van der Waals surface area contributed by atoms with E-state index in [4.69, 9.17) is 4.74 Å². The lowest BCUT2D eigenvalue weighted by molar-refractivity contribution is 0.0853. The third kappa shape index (κ3) is 4.76. The molecule has 1 saturated heterocycles. The van der Waals surface area contributed by atoms with Gasteiger partial charge in [0.1, 0.15) is 0 Å². The first-order valence-electron chi connectivity index (χ1n) is 8.72. The lowest BCUT2D eigenvalue weighted by Gasteiger charge is -2.11. The fraction of sp³-hybridized carbons (Fsp3) is 0.421. The van der Waals surface area contributed by atoms with Crippen LogP contribution >= 0.6 is 0 Å². The fourth-order valence-corrected chi connectivity index (χ4v) is 2.72. The van der Waals surface area contributed by atoms with Crippen LogP contribution in [0.2, 0.25) is 0 Å². The maximum atomic E-state index is 12.1. The predicted molar refractivity (Wildman–Crippen MR) is 97.2 cm³/mol. The fourth-order valence-electron chi connectivity index (χ4n) is 2.72. The summed E-state index contributed by atoms with van der Waals surface area (Å²) in [5, 5.41) is 14.1. The largest absolute Gasteiger partial charge is 0.376 e. The second-order valence-corrected chi connectivity index (χ2v) is 6.55. The Kier molecular flexibility index (Phi) is 5.60. The van der Waals surface area contributed by atoms with Gasteiger partial charge in [-0.2, -0.15) is 0 Å². The summed E-state index contributed by atoms with van der Waals surface area (Å²) >= 11 is 0. The van der Waals surface area contributed by atoms with Crippen LogP contribution in [0.4, 0.5) is 11.5 Å². The zero-order valence-corrected chi connectivity index (χ0v) is 14.7. The van der Waals surface area contributed by atoms with Crippen molar-refractivity contribution >= 4 is 17.4 Å². The molecule has 2 heterocycles. The summed E-state index contributed by atoms with van der Waals surface area (Å²) in [6.07, 6.45) is 2.16. The van der Waals surface area contributed by atoms with Gasteiger partial charge in [0.15, 0.2) is 11.5 Å². The first-order chi connectivity index (χ1) is 12.1. The van der Waals surface area contributed by atoms with Crippen molar-refractivity contribution in [3.63, 3.8) is 0 Å². The van der Waals surface area contributed by atoms with Gasteiger partial charge in [0.25, 0.3) is 5.91 Å². The number of nitrogens with zero attached hydrogens (tertiary/aromatic N) is 2. The topological polar surface area (TPSA) is 76.1 Å². The van der Waals surface area contributed by atoms with E-state index >= 15 is 0 Å². The standard InChI is InChI=1S/C19H24N4O2/c1-13(2)14-5-7-15(8-6-14)21-18-10-9-17(22-23-18)19(24)20-12-16-4-3-11-25-16/h5-10,13,16H,3-4,11-12H2,1-2H3,(H,20,24)(H,21,23). The number of carbonyl (C=O) groups excluding carboxylic acids is 1. The first kappa shape index (κ1) is 17.4. The Balaban J connectivity index is 1.55. The van der Waals surface area contributed by atoms with Gasteiger partial charge in [0.05, 0.1) is 6.10 Å². The van der Waals surface area contributed by atoms with Crippen molar-refractivity contribution in [3.8, 4) is 0 Å². The van der Waals surface area contributed by atoms with E-state index in [9.17, 15) is 4.79 Å². The molecule has 0 spiro atoms. The molecule has 1 amide bonds. The van der Waals surface area contributed by atoms with Gasteiger partial charge in [0, 0.05) is 18.8 Å². The maximum Gasteiger partial charge on any atom is 0.271 e. The van der Waals surface area contributed by atoms with Crippen LogP contribution in [0.25, 0.3) is 0 Å². The Hall–Kier alpha value is -2.47. The Morgan fingerprint density at radius 1 is 1.20 bits per heavy atom. The van der Waals surface area contributed by atoms with Crippen molar-refractivity contribution in [2.75, 3.05) is 18.5 Å². The lowest BCUT2D eigenvalue weighted by atomic mass is 10.0. The van der Waals surface area contributed by atoms with Crippen LogP contribution in [0.1, 0.15) is 48.7 Å². The molecule has 2 aromatic rings. The molecule has 1 aromatic heterocycles. The molecule has 2 N–H and O–H groups in total. The number of nitrogens with one attached hydrogen (secondary N) is 2. The monoisotopic (exact) mass is 340 g/mol. The molecule has 6 nitrogen and oxygen atoms in total. The number of anilines is 2. The number of hydrogen-bond acceptors (Lipinski definition) is 5. The molecule has 1 atom stereocenters. The summed E-state index contributed by atoms with van der Waals surface area (Å²) in [7, 11) is 0. The van der Waals surface area contributed by atoms with Crippen LogP contribution in [0.3, 0.4) is 0 Å². The predicted octanol–water partition coefficient (Wildman–Crippen LogP) is 3.25. The highest BCUT2D eigenvalue weighted by atomic mass is 16.5. The van der Waals surface area contributed by atoms with E-state index in [0.29, 0.717) is 24.0 Å². The van der Waals surface area contributed by atoms with Gasteiger partial charge >= 0.3 is 0 Å². The second kappa shape index (κ2) is 8.07. The third-order valence-corrected chi connectivity index (χ3v) is 4.26. The Morgan fingerprint density at radius 3 is 2.60 bits per heavy atom. The number of hydrogen-bond donors (Lipinski definition) is 2. The van der Waals surface area contributed by atoms with Gasteiger partial charge in [-0.25, -0.2) is 0 Å². The zero-order chi connectivity index (χ0) is 17.6. The molecule has 25 heavy (non-hydrogen) atoms. The van der Waals surface area contributed by atoms with Crippen LogP contribution in [-0.2, 0) is 4.74 Å². The van der Waals surface area contributed by atoms with E-state index in [1.54, 1.807) is 12.1 Å². The lowest BCUT2D eigenvalue weighted by Crippen LogP contribution is -2.32. The molecule has 1 aromatic carbocycles. The molecule has 0 bridgehead atoms. The van der Waals surface area contributed by atoms with E-state index in [1.807, 2.05) is 12.1 Å². The number of amides is 1. The minimum absolute atomic E-state index is 0.117. The normalized spacial score (nSPS) is 16.8. The van der Waals surface area contributed by atoms with Gasteiger partial charge in [-0.15, -0.1) is 10.2 Å². The summed E-state index contributed by atoms with van der Waals surface area (Å²) in [4.78, 5) is 12.1. The van der Waals surface area contributed by atoms with Crippen molar-refractivity contribution < 1.29 is 9.53 Å². The van der Waals surface area contributed by atoms with Gasteiger partial charge < -0.3 is 15.4 Å². The number of rotatable bonds is 6. The van der Waals surface area contributed by atoms with E-state index in [1.165, 1.54) is 5.56 Å². The minimum atomic E-state index is -0.226. The van der Waals surface area contributed by atoms with Crippen molar-refractivity contribution in [3.05, 3.63) is 47.7 Å². The van der Waals surface area contributed by atoms with Crippen LogP contribution in [0, 0.1) is 0 Å². The van der Waals surface area contributed by atoms with Crippen molar-refractivity contribution in [1.29, 1.82) is 0 Å². The first-order valence-corrected chi connectivity index (χ1v) is 8.72. The average Bonchev–Trinajstić information content (AvgIpc) is 3.14. The number of carbonyl (C=O) groups is 1. The van der Waals surface area contributed by atoms with E-state index < -0.39 is 0 Å². The van der Waals surface area contributed by atoms with Crippen LogP contribution < -0.4 is 10.6 Å². The van der Waals surface area contributed by atoms with E-state index in [2.05, 4.69) is 46.8 Å². The molecular weight excluding hydrogens is 316 g/mol. The Bertz CT molecular complexity index is 692. The van der Waals surface area contributed by atoms with Crippen molar-refractivity contribution in [2.24, 2.45) is 0 Å². The molecule has 6 heteroatoms. The summed E-state index contributed by atoms with van der Waals surface area (Å²) in [5.41, 5.74) is 2.53. The Labute approximate surface area is 148 Å². The quantitative estimate of drug-likeness (QED) is 0.844. The van der Waals surface area contributed by atoms with Crippen molar-refractivity contribution in [2.45, 2.75) is 38.7 Å². The summed E-state index contributed by atoms with van der Waals surface area (Å²) in [6.45, 7) is 5.62. The molecule has 1 unspecified atom stereocenters. The molecule has 0 saturated carbocycles. The van der Waals surface area contributed by atoms with Gasteiger partial charge in [0.2, 0.25) is 0 Å². The molecule has 132 valence electrons. The Morgan fingerprint density at radius 2 is 2.00 bits per heavy atom. The summed E-state index contributed by atoms with van der Waals surface area (Å²) in [6, 6.07) is 11.6. The molecule has 1 aliphatic heterocycles. The zero-order valence-electron chi connectivity index (χ0n) is 14.7. The minimum Gasteiger partial charge on any atom is -0.376 e. The SMILES string of the molecule is CC(C)c1ccc(Nc2ccc(C(=O)NCC3CCCO3)nn2)cc1. The maximum absolute atomic E-state index is 12.1. The smallest absolute Gasteiger partial charge is 0.271 e. The van der Waals surface area contributed by atoms with Crippen molar-refractivity contribution in [1.82, 2.24) is 15.5 Å². The number of benzene rings is 1. The van der Waals surface area contributed by atoms with E-state index in [-0.39, 0.29) is 12.0 Å². The highest BCUT2D eigenvalue weighted by molar-refractivity contribution is 5.92. The summed E-state index contributed by atoms with van der Waals surface area (Å²) in [5.74, 6) is 0.880.